The van der Waals surface area contributed by atoms with Crippen molar-refractivity contribution in [3.63, 3.8) is 0 Å². The van der Waals surface area contributed by atoms with Gasteiger partial charge in [-0.2, -0.15) is 0 Å². The third kappa shape index (κ3) is 8.48. The molecular formula is C35H34Cl2N6O5. The van der Waals surface area contributed by atoms with Crippen LogP contribution in [0.4, 0.5) is 10.5 Å². The molecule has 4 aromatic rings. The first-order valence-electron chi connectivity index (χ1n) is 15.3. The fourth-order valence-corrected chi connectivity index (χ4v) is 5.93. The number of non-ortho nitro benzene ring substituents is 1. The molecule has 11 nitrogen and oxygen atoms in total. The molecule has 4 amide bonds. The van der Waals surface area contributed by atoms with Crippen molar-refractivity contribution in [2.24, 2.45) is 0 Å². The van der Waals surface area contributed by atoms with Crippen molar-refractivity contribution in [1.82, 2.24) is 25.6 Å². The predicted octanol–water partition coefficient (Wildman–Crippen LogP) is 5.74. The minimum Gasteiger partial charge on any atom is -0.343 e. The zero-order chi connectivity index (χ0) is 34.2. The number of carbonyl (C=O) groups is 3. The molecule has 0 bridgehead atoms. The summed E-state index contributed by atoms with van der Waals surface area (Å²) in [5, 5.41) is 22.7. The number of nitro groups is 1. The van der Waals surface area contributed by atoms with Crippen molar-refractivity contribution in [2.75, 3.05) is 26.2 Å². The van der Waals surface area contributed by atoms with Crippen molar-refractivity contribution in [1.29, 1.82) is 0 Å². The molecule has 1 aliphatic rings. The minimum absolute atomic E-state index is 0.0726. The molecule has 1 atom stereocenters. The second-order valence-electron chi connectivity index (χ2n) is 11.3. The summed E-state index contributed by atoms with van der Waals surface area (Å²) in [6.07, 6.45) is 1.68. The minimum atomic E-state index is -0.954. The fourth-order valence-electron chi connectivity index (χ4n) is 5.61. The highest BCUT2D eigenvalue weighted by atomic mass is 35.5. The third-order valence-electron chi connectivity index (χ3n) is 8.03. The van der Waals surface area contributed by atoms with E-state index in [1.54, 1.807) is 46.3 Å². The number of nitro benzene ring substituents is 1. The molecule has 0 unspecified atom stereocenters. The number of fused-ring (bicyclic) bond motifs is 1. The molecule has 1 fully saturated rings. The first kappa shape index (κ1) is 34.4. The van der Waals surface area contributed by atoms with Gasteiger partial charge in [-0.15, -0.1) is 6.58 Å². The van der Waals surface area contributed by atoms with Gasteiger partial charge in [0.1, 0.15) is 6.04 Å². The quantitative estimate of drug-likeness (QED) is 0.124. The van der Waals surface area contributed by atoms with Gasteiger partial charge in [0, 0.05) is 44.7 Å². The summed E-state index contributed by atoms with van der Waals surface area (Å²) in [5.74, 6) is -0.774. The molecule has 1 heterocycles. The van der Waals surface area contributed by atoms with E-state index in [1.807, 2.05) is 42.5 Å². The summed E-state index contributed by atoms with van der Waals surface area (Å²) in [7, 11) is 0. The molecule has 5 rings (SSSR count). The molecule has 248 valence electrons. The summed E-state index contributed by atoms with van der Waals surface area (Å²) in [6, 6.07) is 23.3. The predicted molar refractivity (Wildman–Crippen MR) is 185 cm³/mol. The number of urea groups is 1. The van der Waals surface area contributed by atoms with Crippen LogP contribution in [0.2, 0.25) is 10.0 Å². The number of amides is 4. The van der Waals surface area contributed by atoms with Gasteiger partial charge in [-0.3, -0.25) is 24.7 Å². The van der Waals surface area contributed by atoms with Crippen LogP contribution in [-0.2, 0) is 29.1 Å². The lowest BCUT2D eigenvalue weighted by Gasteiger charge is -2.34. The normalized spacial score (nSPS) is 15.6. The maximum Gasteiger partial charge on any atom is 0.332 e. The van der Waals surface area contributed by atoms with Gasteiger partial charge in [-0.05, 0) is 39.6 Å². The van der Waals surface area contributed by atoms with Gasteiger partial charge < -0.3 is 15.5 Å². The Morgan fingerprint density at radius 3 is 2.46 bits per heavy atom. The highest BCUT2D eigenvalue weighted by molar-refractivity contribution is 6.42. The number of benzene rings is 4. The lowest BCUT2D eigenvalue weighted by Crippen LogP contribution is -2.54. The second-order valence-corrected chi connectivity index (χ2v) is 12.1. The molecule has 4 aromatic carbocycles. The summed E-state index contributed by atoms with van der Waals surface area (Å²) in [5.41, 5.74) is 2.24. The van der Waals surface area contributed by atoms with Gasteiger partial charge in [0.2, 0.25) is 11.8 Å². The molecule has 0 saturated carbocycles. The van der Waals surface area contributed by atoms with Gasteiger partial charge >= 0.3 is 6.03 Å². The van der Waals surface area contributed by atoms with Gasteiger partial charge in [0.15, 0.2) is 0 Å². The Kier molecular flexibility index (Phi) is 11.3. The second kappa shape index (κ2) is 15.7. The largest absolute Gasteiger partial charge is 0.343 e. The summed E-state index contributed by atoms with van der Waals surface area (Å²) < 4.78 is 0. The molecule has 0 aromatic heterocycles. The molecule has 0 spiro atoms. The van der Waals surface area contributed by atoms with Crippen LogP contribution in [0.15, 0.2) is 97.6 Å². The molecule has 2 N–H and O–H groups in total. The molecule has 48 heavy (non-hydrogen) atoms. The summed E-state index contributed by atoms with van der Waals surface area (Å²) in [6.45, 7) is 4.47. The number of hydrogen-bond donors (Lipinski definition) is 2. The summed E-state index contributed by atoms with van der Waals surface area (Å²) >= 11 is 12.2. The van der Waals surface area contributed by atoms with E-state index in [4.69, 9.17) is 23.2 Å². The van der Waals surface area contributed by atoms with E-state index in [0.717, 1.165) is 21.9 Å². The highest BCUT2D eigenvalue weighted by Crippen LogP contribution is 2.23. The van der Waals surface area contributed by atoms with Crippen molar-refractivity contribution in [3.8, 4) is 0 Å². The van der Waals surface area contributed by atoms with Crippen LogP contribution in [0.3, 0.4) is 0 Å². The van der Waals surface area contributed by atoms with Crippen molar-refractivity contribution in [3.05, 3.63) is 134 Å². The zero-order valence-electron chi connectivity index (χ0n) is 26.0. The lowest BCUT2D eigenvalue weighted by molar-refractivity contribution is -0.384. The molecule has 0 radical (unpaired) electrons. The fraction of sp³-hybridized carbons (Fsp3) is 0.229. The van der Waals surface area contributed by atoms with Gasteiger partial charge in [0.05, 0.1) is 28.1 Å². The Bertz CT molecular complexity index is 1830. The number of nitrogens with one attached hydrogen (secondary N) is 2. The SMILES string of the molecule is C=CCN(C(=O)NCc1ccc(Cl)c(Cl)c1)N1CCN(Cc2cccc3ccccc23)C(=O)[C@H](Cc2ccc([N+](=O)[O-])cc2)NC(=O)C1. The van der Waals surface area contributed by atoms with E-state index in [9.17, 15) is 24.5 Å². The Morgan fingerprint density at radius 1 is 1.00 bits per heavy atom. The van der Waals surface area contributed by atoms with Crippen LogP contribution >= 0.6 is 23.2 Å². The maximum absolute atomic E-state index is 14.2. The van der Waals surface area contributed by atoms with Crippen molar-refractivity contribution >= 4 is 57.5 Å². The van der Waals surface area contributed by atoms with E-state index in [1.165, 1.54) is 17.1 Å². The van der Waals surface area contributed by atoms with Crippen LogP contribution < -0.4 is 10.6 Å². The van der Waals surface area contributed by atoms with Crippen LogP contribution in [-0.4, -0.2) is 69.9 Å². The zero-order valence-corrected chi connectivity index (χ0v) is 27.5. The number of carbonyl (C=O) groups excluding carboxylic acids is 3. The Morgan fingerprint density at radius 2 is 1.73 bits per heavy atom. The smallest absolute Gasteiger partial charge is 0.332 e. The summed E-state index contributed by atoms with van der Waals surface area (Å²) in [4.78, 5) is 53.6. The molecule has 0 aliphatic carbocycles. The number of rotatable bonds is 10. The number of nitrogens with zero attached hydrogens (tertiary/aromatic N) is 4. The van der Waals surface area contributed by atoms with E-state index < -0.39 is 22.9 Å². The standard InChI is InChI=1S/C35H34Cl2N6O5/c1-2-16-42(35(46)38-21-25-12-15-30(36)31(37)19-25)41-18-17-40(22-27-8-5-7-26-6-3-4-9-29(26)27)34(45)32(39-33(44)23-41)20-24-10-13-28(14-11-24)43(47)48/h2-15,19,32H,1,16-18,20-23H2,(H,38,46)(H,39,44)/t32-/m0/s1. The third-order valence-corrected chi connectivity index (χ3v) is 8.77. The number of halogens is 2. The lowest BCUT2D eigenvalue weighted by atomic mass is 10.0. The molecular weight excluding hydrogens is 655 g/mol. The molecule has 13 heteroatoms. The van der Waals surface area contributed by atoms with E-state index >= 15 is 0 Å². The van der Waals surface area contributed by atoms with Crippen LogP contribution in [0.5, 0.6) is 0 Å². The van der Waals surface area contributed by atoms with Crippen LogP contribution in [0.25, 0.3) is 10.8 Å². The maximum atomic E-state index is 14.2. The van der Waals surface area contributed by atoms with Crippen LogP contribution in [0, 0.1) is 10.1 Å². The average Bonchev–Trinajstić information content (AvgIpc) is 3.13. The van der Waals surface area contributed by atoms with E-state index in [0.29, 0.717) is 15.6 Å². The van der Waals surface area contributed by atoms with Crippen molar-refractivity contribution < 1.29 is 19.3 Å². The van der Waals surface area contributed by atoms with Gasteiger partial charge in [-0.1, -0.05) is 89.9 Å². The monoisotopic (exact) mass is 688 g/mol. The van der Waals surface area contributed by atoms with Gasteiger partial charge in [-0.25, -0.2) is 9.80 Å². The Labute approximate surface area is 287 Å². The Balaban J connectivity index is 1.42. The molecule has 1 saturated heterocycles. The van der Waals surface area contributed by atoms with E-state index in [2.05, 4.69) is 17.2 Å². The first-order chi connectivity index (χ1) is 23.1. The van der Waals surface area contributed by atoms with E-state index in [-0.39, 0.29) is 57.3 Å². The van der Waals surface area contributed by atoms with Crippen LogP contribution in [0.1, 0.15) is 16.7 Å². The average molecular weight is 690 g/mol. The highest BCUT2D eigenvalue weighted by Gasteiger charge is 2.32. The van der Waals surface area contributed by atoms with Gasteiger partial charge in [0.25, 0.3) is 5.69 Å². The first-order valence-corrected chi connectivity index (χ1v) is 16.0. The number of hydrogen-bond acceptors (Lipinski definition) is 6. The Hall–Kier alpha value is -4.97. The van der Waals surface area contributed by atoms with Crippen molar-refractivity contribution in [2.45, 2.75) is 25.6 Å². The topological polar surface area (TPSA) is 128 Å². The number of hydrazine groups is 1. The molecule has 1 aliphatic heterocycles.